The number of nitrogens with one attached hydrogen (secondary N) is 2. The molecule has 0 saturated carbocycles. The number of hydrogen-bond acceptors (Lipinski definition) is 7. The fourth-order valence-electron chi connectivity index (χ4n) is 3.84. The lowest BCUT2D eigenvalue weighted by Gasteiger charge is -2.23. The van der Waals surface area contributed by atoms with Crippen molar-refractivity contribution < 1.29 is 28.1 Å². The third kappa shape index (κ3) is 7.88. The first-order chi connectivity index (χ1) is 16.7. The Labute approximate surface area is 206 Å². The van der Waals surface area contributed by atoms with Crippen molar-refractivity contribution in [1.29, 1.82) is 0 Å². The van der Waals surface area contributed by atoms with Crippen LogP contribution in [0, 0.1) is 0 Å². The number of rotatable bonds is 12. The van der Waals surface area contributed by atoms with Gasteiger partial charge in [-0.05, 0) is 53.8 Å². The number of benzene rings is 3. The van der Waals surface area contributed by atoms with Crippen molar-refractivity contribution in [3.8, 4) is 17.2 Å². The molecule has 0 heterocycles. The summed E-state index contributed by atoms with van der Waals surface area (Å²) in [7, 11) is -0.358. The van der Waals surface area contributed by atoms with Gasteiger partial charge >= 0.3 is 0 Å². The Morgan fingerprint density at radius 1 is 0.886 bits per heavy atom. The average Bonchev–Trinajstić information content (AvgIpc) is 2.83. The summed E-state index contributed by atoms with van der Waals surface area (Å²) < 4.78 is 36.2. The molecule has 0 saturated heterocycles. The molecule has 0 aromatic heterocycles. The molecule has 3 aromatic carbocycles. The molecule has 0 fully saturated rings. The molecule has 4 N–H and O–H groups in total. The molecule has 188 valence electrons. The Hall–Kier alpha value is -3.27. The minimum atomic E-state index is -3.54. The molecule has 8 nitrogen and oxygen atoms in total. The van der Waals surface area contributed by atoms with Crippen LogP contribution in [0.1, 0.15) is 22.7 Å². The molecule has 0 radical (unpaired) electrons. The lowest BCUT2D eigenvalue weighted by molar-refractivity contribution is 0.167. The highest BCUT2D eigenvalue weighted by atomic mass is 32.2. The summed E-state index contributed by atoms with van der Waals surface area (Å²) in [5.74, 6) is 1.09. The van der Waals surface area contributed by atoms with E-state index in [0.29, 0.717) is 30.0 Å². The van der Waals surface area contributed by atoms with Crippen LogP contribution < -0.4 is 19.5 Å². The standard InChI is InChI=1S/C26H32N2O6S/c1-33-25-12-10-20(16-26(25)34-2)22(14-18-7-5-4-6-8-18)27-17-21(29)13-19-9-11-24(30)23(15-19)28-35(3,31)32/h4-12,15-16,21-22,27-30H,13-14,17H2,1-3H3/t21-,22-/m0/s1. The van der Waals surface area contributed by atoms with E-state index in [0.717, 1.165) is 17.4 Å². The van der Waals surface area contributed by atoms with Crippen molar-refractivity contribution in [2.75, 3.05) is 31.7 Å². The molecule has 0 spiro atoms. The van der Waals surface area contributed by atoms with E-state index < -0.39 is 16.1 Å². The minimum Gasteiger partial charge on any atom is -0.506 e. The van der Waals surface area contributed by atoms with Gasteiger partial charge in [-0.25, -0.2) is 8.42 Å². The molecule has 2 atom stereocenters. The molecular weight excluding hydrogens is 468 g/mol. The maximum atomic E-state index is 11.5. The van der Waals surface area contributed by atoms with Crippen LogP contribution >= 0.6 is 0 Å². The molecule has 0 bridgehead atoms. The van der Waals surface area contributed by atoms with Gasteiger partial charge in [0.15, 0.2) is 11.5 Å². The maximum Gasteiger partial charge on any atom is 0.229 e. The van der Waals surface area contributed by atoms with E-state index in [4.69, 9.17) is 9.47 Å². The van der Waals surface area contributed by atoms with Gasteiger partial charge in [-0.2, -0.15) is 0 Å². The highest BCUT2D eigenvalue weighted by molar-refractivity contribution is 7.92. The lowest BCUT2D eigenvalue weighted by Crippen LogP contribution is -2.32. The molecule has 0 amide bonds. The fourth-order valence-corrected chi connectivity index (χ4v) is 4.40. The van der Waals surface area contributed by atoms with Gasteiger partial charge in [-0.1, -0.05) is 42.5 Å². The van der Waals surface area contributed by atoms with Crippen LogP contribution in [0.2, 0.25) is 0 Å². The number of aromatic hydroxyl groups is 1. The Morgan fingerprint density at radius 3 is 2.26 bits per heavy atom. The number of aliphatic hydroxyl groups is 1. The number of hydrogen-bond donors (Lipinski definition) is 4. The SMILES string of the molecule is COc1ccc([C@H](Cc2ccccc2)NC[C@@H](O)Cc2ccc(O)c(NS(C)(=O)=O)c2)cc1OC. The van der Waals surface area contributed by atoms with Crippen LogP contribution in [-0.2, 0) is 22.9 Å². The molecule has 3 aromatic rings. The molecule has 35 heavy (non-hydrogen) atoms. The second-order valence-electron chi connectivity index (χ2n) is 8.35. The van der Waals surface area contributed by atoms with Crippen LogP contribution in [0.15, 0.2) is 66.7 Å². The Morgan fingerprint density at radius 2 is 1.60 bits per heavy atom. The Kier molecular flexibility index (Phi) is 8.97. The van der Waals surface area contributed by atoms with Gasteiger partial charge in [0.2, 0.25) is 10.0 Å². The van der Waals surface area contributed by atoms with Crippen LogP contribution in [0.3, 0.4) is 0 Å². The summed E-state index contributed by atoms with van der Waals surface area (Å²) in [6.45, 7) is 0.293. The molecule has 0 aliphatic rings. The number of anilines is 1. The van der Waals surface area contributed by atoms with Gasteiger partial charge in [-0.15, -0.1) is 0 Å². The van der Waals surface area contributed by atoms with E-state index in [9.17, 15) is 18.6 Å². The zero-order valence-electron chi connectivity index (χ0n) is 20.1. The van der Waals surface area contributed by atoms with Crippen molar-refractivity contribution in [2.24, 2.45) is 0 Å². The van der Waals surface area contributed by atoms with Gasteiger partial charge in [0, 0.05) is 12.6 Å². The highest BCUT2D eigenvalue weighted by Crippen LogP contribution is 2.31. The summed E-state index contributed by atoms with van der Waals surface area (Å²) >= 11 is 0. The summed E-state index contributed by atoms with van der Waals surface area (Å²) in [6.07, 6.45) is 1.24. The van der Waals surface area contributed by atoms with Gasteiger partial charge in [0.05, 0.1) is 32.3 Å². The number of methoxy groups -OCH3 is 2. The zero-order chi connectivity index (χ0) is 25.4. The number of sulfonamides is 1. The summed E-state index contributed by atoms with van der Waals surface area (Å²) in [4.78, 5) is 0. The second kappa shape index (κ2) is 11.9. The van der Waals surface area contributed by atoms with Crippen molar-refractivity contribution >= 4 is 15.7 Å². The van der Waals surface area contributed by atoms with Crippen molar-refractivity contribution in [3.63, 3.8) is 0 Å². The van der Waals surface area contributed by atoms with Crippen LogP contribution in [0.5, 0.6) is 17.2 Å². The average molecular weight is 501 g/mol. The largest absolute Gasteiger partial charge is 0.506 e. The predicted octanol–water partition coefficient (Wildman–Crippen LogP) is 3.26. The normalized spacial score (nSPS) is 13.1. The second-order valence-corrected chi connectivity index (χ2v) is 10.1. The summed E-state index contributed by atoms with van der Waals surface area (Å²) in [5.41, 5.74) is 2.90. The van der Waals surface area contributed by atoms with E-state index in [-0.39, 0.29) is 23.9 Å². The monoisotopic (exact) mass is 500 g/mol. The molecule has 0 aliphatic carbocycles. The van der Waals surface area contributed by atoms with Gasteiger partial charge < -0.3 is 25.0 Å². The smallest absolute Gasteiger partial charge is 0.229 e. The number of aliphatic hydroxyl groups excluding tert-OH is 1. The first kappa shape index (κ1) is 26.3. The van der Waals surface area contributed by atoms with E-state index >= 15 is 0 Å². The van der Waals surface area contributed by atoms with E-state index in [2.05, 4.69) is 22.2 Å². The minimum absolute atomic E-state index is 0.0810. The van der Waals surface area contributed by atoms with Gasteiger partial charge in [0.25, 0.3) is 0 Å². The predicted molar refractivity (Wildman–Crippen MR) is 137 cm³/mol. The molecule has 3 rings (SSSR count). The molecule has 0 unspecified atom stereocenters. The first-order valence-corrected chi connectivity index (χ1v) is 13.0. The highest BCUT2D eigenvalue weighted by Gasteiger charge is 2.17. The molecule has 0 aliphatic heterocycles. The molecular formula is C26H32N2O6S. The van der Waals surface area contributed by atoms with Crippen molar-refractivity contribution in [1.82, 2.24) is 5.32 Å². The lowest BCUT2D eigenvalue weighted by atomic mass is 9.97. The number of ether oxygens (including phenoxy) is 2. The van der Waals surface area contributed by atoms with E-state index in [1.807, 2.05) is 36.4 Å². The van der Waals surface area contributed by atoms with Crippen molar-refractivity contribution in [2.45, 2.75) is 25.0 Å². The van der Waals surface area contributed by atoms with Crippen LogP contribution in [-0.4, -0.2) is 51.8 Å². The Bertz CT molecular complexity index is 1220. The van der Waals surface area contributed by atoms with Crippen molar-refractivity contribution in [3.05, 3.63) is 83.4 Å². The van der Waals surface area contributed by atoms with E-state index in [1.54, 1.807) is 20.3 Å². The third-order valence-electron chi connectivity index (χ3n) is 5.52. The number of phenols is 1. The zero-order valence-corrected chi connectivity index (χ0v) is 20.9. The van der Waals surface area contributed by atoms with Gasteiger partial charge in [0.1, 0.15) is 5.75 Å². The van der Waals surface area contributed by atoms with Gasteiger partial charge in [-0.3, -0.25) is 4.72 Å². The molecule has 9 heteroatoms. The van der Waals surface area contributed by atoms with Crippen LogP contribution in [0.25, 0.3) is 0 Å². The fraction of sp³-hybridized carbons (Fsp3) is 0.308. The first-order valence-electron chi connectivity index (χ1n) is 11.2. The third-order valence-corrected chi connectivity index (χ3v) is 6.11. The van der Waals surface area contributed by atoms with E-state index in [1.165, 1.54) is 12.1 Å². The Balaban J connectivity index is 1.74. The topological polar surface area (TPSA) is 117 Å². The summed E-state index contributed by atoms with van der Waals surface area (Å²) in [5, 5.41) is 24.1. The summed E-state index contributed by atoms with van der Waals surface area (Å²) in [6, 6.07) is 20.3. The quantitative estimate of drug-likeness (QED) is 0.282. The number of phenolic OH excluding ortho intramolecular Hbond substituents is 1. The van der Waals surface area contributed by atoms with Crippen LogP contribution in [0.4, 0.5) is 5.69 Å². The maximum absolute atomic E-state index is 11.5.